The minimum atomic E-state index is 0.591. The molecule has 0 amide bonds. The average Bonchev–Trinajstić information content (AvgIpc) is 2.91. The molecule has 2 heterocycles. The van der Waals surface area contributed by atoms with Gasteiger partial charge in [0.2, 0.25) is 0 Å². The molecule has 1 aromatic rings. The quantitative estimate of drug-likeness (QED) is 0.845. The fraction of sp³-hybridized carbons (Fsp3) is 0.538. The van der Waals surface area contributed by atoms with E-state index in [1.165, 1.54) is 30.7 Å². The van der Waals surface area contributed by atoms with Crippen LogP contribution in [0.5, 0.6) is 0 Å². The van der Waals surface area contributed by atoms with Gasteiger partial charge in [-0.1, -0.05) is 24.1 Å². The third-order valence-electron chi connectivity index (χ3n) is 3.86. The molecule has 1 aliphatic carbocycles. The predicted octanol–water partition coefficient (Wildman–Crippen LogP) is 3.80. The smallest absolute Gasteiger partial charge is 0.0934 e. The molecular weight excluding hydrogens is 238 g/mol. The Morgan fingerprint density at radius 2 is 2.31 bits per heavy atom. The van der Waals surface area contributed by atoms with E-state index in [2.05, 4.69) is 23.5 Å². The van der Waals surface area contributed by atoms with Crippen molar-refractivity contribution in [2.24, 2.45) is 11.8 Å². The first-order valence-corrected chi connectivity index (χ1v) is 7.19. The molecule has 0 bridgehead atoms. The molecule has 1 saturated carbocycles. The Kier molecular flexibility index (Phi) is 3.05. The van der Waals surface area contributed by atoms with Gasteiger partial charge in [0.1, 0.15) is 0 Å². The molecule has 3 atom stereocenters. The van der Waals surface area contributed by atoms with Crippen molar-refractivity contribution in [2.75, 3.05) is 6.54 Å². The van der Waals surface area contributed by atoms with E-state index in [1.807, 2.05) is 6.07 Å². The number of hydrogen-bond donors (Lipinski definition) is 1. The van der Waals surface area contributed by atoms with Crippen LogP contribution in [0.2, 0.25) is 4.34 Å². The maximum Gasteiger partial charge on any atom is 0.0934 e. The van der Waals surface area contributed by atoms with E-state index in [-0.39, 0.29) is 0 Å². The summed E-state index contributed by atoms with van der Waals surface area (Å²) in [5.74, 6) is 1.81. The van der Waals surface area contributed by atoms with Crippen molar-refractivity contribution in [3.05, 3.63) is 27.4 Å². The molecule has 0 radical (unpaired) electrons. The van der Waals surface area contributed by atoms with Gasteiger partial charge in [0, 0.05) is 10.9 Å². The number of hydrogen-bond acceptors (Lipinski definition) is 2. The van der Waals surface area contributed by atoms with Crippen LogP contribution >= 0.6 is 22.9 Å². The second-order valence-electron chi connectivity index (χ2n) is 4.79. The molecule has 1 saturated heterocycles. The average molecular weight is 254 g/mol. The topological polar surface area (TPSA) is 12.0 Å². The summed E-state index contributed by atoms with van der Waals surface area (Å²) in [6.45, 7) is 1.21. The Bertz CT molecular complexity index is 398. The van der Waals surface area contributed by atoms with Gasteiger partial charge in [-0.2, -0.15) is 0 Å². The number of thiophene rings is 1. The Morgan fingerprint density at radius 1 is 1.38 bits per heavy atom. The maximum atomic E-state index is 5.91. The van der Waals surface area contributed by atoms with Gasteiger partial charge in [-0.25, -0.2) is 0 Å². The van der Waals surface area contributed by atoms with E-state index in [1.54, 1.807) is 11.3 Å². The van der Waals surface area contributed by atoms with E-state index in [4.69, 9.17) is 11.6 Å². The Labute approximate surface area is 106 Å². The molecular formula is C13H16ClNS. The van der Waals surface area contributed by atoms with Crippen LogP contribution in [0.3, 0.4) is 0 Å². The van der Waals surface area contributed by atoms with E-state index in [0.29, 0.717) is 6.04 Å². The second-order valence-corrected chi connectivity index (χ2v) is 6.54. The fourth-order valence-corrected chi connectivity index (χ4v) is 4.03. The summed E-state index contributed by atoms with van der Waals surface area (Å²) in [7, 11) is 0. The lowest BCUT2D eigenvalue weighted by atomic mass is 9.94. The minimum absolute atomic E-state index is 0.591. The summed E-state index contributed by atoms with van der Waals surface area (Å²) < 4.78 is 0.873. The lowest BCUT2D eigenvalue weighted by Crippen LogP contribution is -2.23. The van der Waals surface area contributed by atoms with Gasteiger partial charge in [0.25, 0.3) is 0 Å². The largest absolute Gasteiger partial charge is 0.310 e. The summed E-state index contributed by atoms with van der Waals surface area (Å²) >= 11 is 7.56. The van der Waals surface area contributed by atoms with Gasteiger partial charge in [0.05, 0.1) is 4.34 Å². The van der Waals surface area contributed by atoms with Crippen LogP contribution < -0.4 is 5.32 Å². The molecule has 86 valence electrons. The number of halogens is 1. The van der Waals surface area contributed by atoms with Gasteiger partial charge >= 0.3 is 0 Å². The monoisotopic (exact) mass is 253 g/mol. The van der Waals surface area contributed by atoms with Crippen LogP contribution in [-0.4, -0.2) is 12.6 Å². The summed E-state index contributed by atoms with van der Waals surface area (Å²) in [4.78, 5) is 1.26. The standard InChI is InChI=1S/C13H16ClNS/c14-13-7-5-10(16-13)4-6-12-11-3-1-2-9(11)8-15-12/h4-7,9,11-12,15H,1-3,8H2/b6-4+. The summed E-state index contributed by atoms with van der Waals surface area (Å²) in [6.07, 6.45) is 8.80. The van der Waals surface area contributed by atoms with Crippen molar-refractivity contribution >= 4 is 29.0 Å². The molecule has 0 aromatic carbocycles. The highest BCUT2D eigenvalue weighted by Gasteiger charge is 2.37. The van der Waals surface area contributed by atoms with Gasteiger partial charge in [-0.15, -0.1) is 11.3 Å². The van der Waals surface area contributed by atoms with E-state index in [9.17, 15) is 0 Å². The Morgan fingerprint density at radius 3 is 3.12 bits per heavy atom. The molecule has 1 N–H and O–H groups in total. The van der Waals surface area contributed by atoms with Crippen molar-refractivity contribution < 1.29 is 0 Å². The lowest BCUT2D eigenvalue weighted by Gasteiger charge is -2.13. The van der Waals surface area contributed by atoms with Crippen LogP contribution in [0.25, 0.3) is 6.08 Å². The van der Waals surface area contributed by atoms with Crippen LogP contribution in [0, 0.1) is 11.8 Å². The molecule has 2 aliphatic rings. The first kappa shape index (κ1) is 10.8. The normalized spacial score (nSPS) is 33.7. The van der Waals surface area contributed by atoms with E-state index >= 15 is 0 Å². The van der Waals surface area contributed by atoms with Crippen molar-refractivity contribution in [3.8, 4) is 0 Å². The van der Waals surface area contributed by atoms with E-state index in [0.717, 1.165) is 16.2 Å². The molecule has 0 spiro atoms. The molecule has 3 heteroatoms. The first-order valence-electron chi connectivity index (χ1n) is 6.00. The summed E-state index contributed by atoms with van der Waals surface area (Å²) in [5.41, 5.74) is 0. The van der Waals surface area contributed by atoms with Crippen molar-refractivity contribution in [3.63, 3.8) is 0 Å². The predicted molar refractivity (Wildman–Crippen MR) is 71.0 cm³/mol. The Balaban J connectivity index is 1.68. The third-order valence-corrected chi connectivity index (χ3v) is 5.05. The SMILES string of the molecule is Clc1ccc(/C=C/C2NCC3CCCC32)s1. The fourth-order valence-electron chi connectivity index (χ4n) is 3.06. The number of nitrogens with one attached hydrogen (secondary N) is 1. The molecule has 3 unspecified atom stereocenters. The highest BCUT2D eigenvalue weighted by atomic mass is 35.5. The van der Waals surface area contributed by atoms with Crippen LogP contribution in [0.1, 0.15) is 24.1 Å². The third kappa shape index (κ3) is 2.06. The minimum Gasteiger partial charge on any atom is -0.310 e. The molecule has 16 heavy (non-hydrogen) atoms. The van der Waals surface area contributed by atoms with E-state index < -0.39 is 0 Å². The zero-order valence-electron chi connectivity index (χ0n) is 9.16. The van der Waals surface area contributed by atoms with Gasteiger partial charge < -0.3 is 5.32 Å². The molecule has 1 nitrogen and oxygen atoms in total. The zero-order valence-corrected chi connectivity index (χ0v) is 10.7. The molecule has 3 rings (SSSR count). The van der Waals surface area contributed by atoms with Gasteiger partial charge in [0.15, 0.2) is 0 Å². The van der Waals surface area contributed by atoms with Gasteiger partial charge in [-0.05, 0) is 49.4 Å². The molecule has 1 aliphatic heterocycles. The maximum absolute atomic E-state index is 5.91. The van der Waals surface area contributed by atoms with Crippen molar-refractivity contribution in [1.82, 2.24) is 5.32 Å². The highest BCUT2D eigenvalue weighted by molar-refractivity contribution is 7.16. The summed E-state index contributed by atoms with van der Waals surface area (Å²) in [6, 6.07) is 4.64. The van der Waals surface area contributed by atoms with Crippen molar-refractivity contribution in [1.29, 1.82) is 0 Å². The lowest BCUT2D eigenvalue weighted by molar-refractivity contribution is 0.456. The van der Waals surface area contributed by atoms with Crippen LogP contribution in [0.15, 0.2) is 18.2 Å². The molecule has 1 aromatic heterocycles. The van der Waals surface area contributed by atoms with Gasteiger partial charge in [-0.3, -0.25) is 0 Å². The number of rotatable bonds is 2. The second kappa shape index (κ2) is 4.52. The van der Waals surface area contributed by atoms with Crippen molar-refractivity contribution in [2.45, 2.75) is 25.3 Å². The Hall–Kier alpha value is -0.310. The summed E-state index contributed by atoms with van der Waals surface area (Å²) in [5, 5.41) is 3.62. The first-order chi connectivity index (χ1) is 7.83. The molecule has 2 fully saturated rings. The zero-order chi connectivity index (χ0) is 11.0. The van der Waals surface area contributed by atoms with Crippen LogP contribution in [0.4, 0.5) is 0 Å². The highest BCUT2D eigenvalue weighted by Crippen LogP contribution is 2.38. The van der Waals surface area contributed by atoms with Crippen LogP contribution in [-0.2, 0) is 0 Å². The number of fused-ring (bicyclic) bond motifs is 1.